The Kier molecular flexibility index (Phi) is 4.44. The summed E-state index contributed by atoms with van der Waals surface area (Å²) >= 11 is 1.51. The van der Waals surface area contributed by atoms with Gasteiger partial charge in [0.05, 0.1) is 16.6 Å². The number of rotatable bonds is 5. The SMILES string of the molecule is Cc1ccccc1-n1nnnc1S[C@@H](C)c1nnnn1-c1ccccc1. The van der Waals surface area contributed by atoms with E-state index in [4.69, 9.17) is 0 Å². The van der Waals surface area contributed by atoms with Crippen LogP contribution in [0.2, 0.25) is 0 Å². The van der Waals surface area contributed by atoms with E-state index in [0.717, 1.165) is 22.8 Å². The summed E-state index contributed by atoms with van der Waals surface area (Å²) in [5, 5.41) is 24.9. The zero-order valence-corrected chi connectivity index (χ0v) is 15.1. The van der Waals surface area contributed by atoms with Gasteiger partial charge in [0.2, 0.25) is 5.16 Å². The summed E-state index contributed by atoms with van der Waals surface area (Å²) in [7, 11) is 0. The third-order valence-electron chi connectivity index (χ3n) is 3.92. The number of hydrogen-bond acceptors (Lipinski definition) is 7. The summed E-state index contributed by atoms with van der Waals surface area (Å²) in [6, 6.07) is 17.8. The molecule has 0 amide bonds. The number of aryl methyl sites for hydroxylation is 1. The van der Waals surface area contributed by atoms with E-state index in [9.17, 15) is 0 Å². The third-order valence-corrected chi connectivity index (χ3v) is 4.95. The van der Waals surface area contributed by atoms with Gasteiger partial charge >= 0.3 is 0 Å². The van der Waals surface area contributed by atoms with Crippen molar-refractivity contribution < 1.29 is 0 Å². The Morgan fingerprint density at radius 1 is 0.846 bits per heavy atom. The van der Waals surface area contributed by atoms with Crippen molar-refractivity contribution >= 4 is 11.8 Å². The van der Waals surface area contributed by atoms with E-state index < -0.39 is 0 Å². The van der Waals surface area contributed by atoms with Gasteiger partial charge in [-0.1, -0.05) is 48.2 Å². The van der Waals surface area contributed by atoms with Crippen molar-refractivity contribution in [2.75, 3.05) is 0 Å². The minimum Gasteiger partial charge on any atom is -0.196 e. The predicted molar refractivity (Wildman–Crippen MR) is 97.3 cm³/mol. The van der Waals surface area contributed by atoms with Gasteiger partial charge in [0.1, 0.15) is 0 Å². The smallest absolute Gasteiger partial charge is 0.196 e. The largest absolute Gasteiger partial charge is 0.214 e. The molecule has 26 heavy (non-hydrogen) atoms. The fourth-order valence-corrected chi connectivity index (χ4v) is 3.50. The highest BCUT2D eigenvalue weighted by Gasteiger charge is 2.21. The fourth-order valence-electron chi connectivity index (χ4n) is 2.62. The van der Waals surface area contributed by atoms with Crippen molar-refractivity contribution in [2.45, 2.75) is 24.3 Å². The number of benzene rings is 2. The quantitative estimate of drug-likeness (QED) is 0.503. The van der Waals surface area contributed by atoms with Crippen molar-refractivity contribution in [1.82, 2.24) is 40.4 Å². The maximum atomic E-state index is 4.20. The lowest BCUT2D eigenvalue weighted by Crippen LogP contribution is -2.06. The zero-order valence-electron chi connectivity index (χ0n) is 14.3. The number of tetrazole rings is 2. The fraction of sp³-hybridized carbons (Fsp3) is 0.176. The van der Waals surface area contributed by atoms with Crippen LogP contribution in [0.5, 0.6) is 0 Å². The number of thioether (sulfide) groups is 1. The first-order valence-corrected chi connectivity index (χ1v) is 8.97. The molecule has 4 aromatic rings. The van der Waals surface area contributed by atoms with E-state index in [1.807, 2.05) is 68.4 Å². The van der Waals surface area contributed by atoms with E-state index in [1.165, 1.54) is 11.8 Å². The van der Waals surface area contributed by atoms with Crippen molar-refractivity contribution in [3.05, 3.63) is 66.0 Å². The van der Waals surface area contributed by atoms with Crippen LogP contribution >= 0.6 is 11.8 Å². The molecule has 0 N–H and O–H groups in total. The molecule has 8 nitrogen and oxygen atoms in total. The maximum absolute atomic E-state index is 4.20. The number of aromatic nitrogens is 8. The molecule has 130 valence electrons. The molecule has 9 heteroatoms. The van der Waals surface area contributed by atoms with Crippen LogP contribution < -0.4 is 0 Å². The van der Waals surface area contributed by atoms with Gasteiger partial charge in [-0.2, -0.15) is 9.36 Å². The van der Waals surface area contributed by atoms with Gasteiger partial charge in [0.25, 0.3) is 0 Å². The van der Waals surface area contributed by atoms with Gasteiger partial charge in [0.15, 0.2) is 5.82 Å². The lowest BCUT2D eigenvalue weighted by Gasteiger charge is -2.12. The highest BCUT2D eigenvalue weighted by molar-refractivity contribution is 7.99. The molecule has 0 unspecified atom stereocenters. The summed E-state index contributed by atoms with van der Waals surface area (Å²) in [6.45, 7) is 4.07. The van der Waals surface area contributed by atoms with Crippen LogP contribution in [-0.4, -0.2) is 40.4 Å². The van der Waals surface area contributed by atoms with Crippen molar-refractivity contribution in [3.8, 4) is 11.4 Å². The summed E-state index contributed by atoms with van der Waals surface area (Å²) < 4.78 is 3.48. The molecule has 4 rings (SSSR count). The molecule has 2 aromatic carbocycles. The number of nitrogens with zero attached hydrogens (tertiary/aromatic N) is 8. The minimum atomic E-state index is -0.0426. The molecule has 2 aromatic heterocycles. The van der Waals surface area contributed by atoms with E-state index in [1.54, 1.807) is 9.36 Å². The average Bonchev–Trinajstić information content (AvgIpc) is 3.32. The van der Waals surface area contributed by atoms with Crippen molar-refractivity contribution in [3.63, 3.8) is 0 Å². The van der Waals surface area contributed by atoms with Crippen molar-refractivity contribution in [2.24, 2.45) is 0 Å². The van der Waals surface area contributed by atoms with Crippen LogP contribution in [0.25, 0.3) is 11.4 Å². The van der Waals surface area contributed by atoms with Gasteiger partial charge < -0.3 is 0 Å². The molecule has 0 radical (unpaired) electrons. The Morgan fingerprint density at radius 3 is 2.35 bits per heavy atom. The van der Waals surface area contributed by atoms with Crippen molar-refractivity contribution in [1.29, 1.82) is 0 Å². The van der Waals surface area contributed by atoms with Crippen LogP contribution in [0.4, 0.5) is 0 Å². The minimum absolute atomic E-state index is 0.0426. The summed E-state index contributed by atoms with van der Waals surface area (Å²) in [5.74, 6) is 0.737. The molecular formula is C17H16N8S. The van der Waals surface area contributed by atoms with Crippen LogP contribution in [0, 0.1) is 6.92 Å². The van der Waals surface area contributed by atoms with Gasteiger partial charge in [-0.05, 0) is 58.5 Å². The van der Waals surface area contributed by atoms with Crippen LogP contribution in [0.3, 0.4) is 0 Å². The highest BCUT2D eigenvalue weighted by atomic mass is 32.2. The topological polar surface area (TPSA) is 87.2 Å². The molecule has 0 aliphatic rings. The molecule has 2 heterocycles. The van der Waals surface area contributed by atoms with Gasteiger partial charge in [-0.3, -0.25) is 0 Å². The van der Waals surface area contributed by atoms with E-state index in [-0.39, 0.29) is 5.25 Å². The maximum Gasteiger partial charge on any atom is 0.214 e. The van der Waals surface area contributed by atoms with Crippen LogP contribution in [0.1, 0.15) is 23.6 Å². The molecule has 0 bridgehead atoms. The first-order chi connectivity index (χ1) is 12.7. The standard InChI is InChI=1S/C17H16N8S/c1-12-8-6-7-11-15(12)25-17(19-21-23-25)26-13(2)16-18-20-22-24(16)14-9-4-3-5-10-14/h3-11,13H,1-2H3/t13-/m0/s1. The number of hydrogen-bond donors (Lipinski definition) is 0. The average molecular weight is 364 g/mol. The lowest BCUT2D eigenvalue weighted by molar-refractivity contribution is 0.744. The molecule has 0 saturated heterocycles. The Morgan fingerprint density at radius 2 is 1.54 bits per heavy atom. The monoisotopic (exact) mass is 364 g/mol. The highest BCUT2D eigenvalue weighted by Crippen LogP contribution is 2.33. The molecule has 1 atom stereocenters. The molecule has 0 saturated carbocycles. The summed E-state index contributed by atoms with van der Waals surface area (Å²) in [4.78, 5) is 0. The normalized spacial score (nSPS) is 12.2. The van der Waals surface area contributed by atoms with E-state index >= 15 is 0 Å². The summed E-state index contributed by atoms with van der Waals surface area (Å²) in [6.07, 6.45) is 0. The van der Waals surface area contributed by atoms with Crippen LogP contribution in [-0.2, 0) is 0 Å². The Bertz CT molecular complexity index is 1010. The second-order valence-electron chi connectivity index (χ2n) is 5.70. The van der Waals surface area contributed by atoms with Gasteiger partial charge in [0, 0.05) is 0 Å². The predicted octanol–water partition coefficient (Wildman–Crippen LogP) is 2.80. The zero-order chi connectivity index (χ0) is 17.9. The molecule has 0 aliphatic heterocycles. The van der Waals surface area contributed by atoms with E-state index in [0.29, 0.717) is 5.16 Å². The van der Waals surface area contributed by atoms with Gasteiger partial charge in [-0.15, -0.1) is 10.2 Å². The number of para-hydroxylation sites is 2. The second kappa shape index (κ2) is 7.04. The first-order valence-electron chi connectivity index (χ1n) is 8.09. The third kappa shape index (κ3) is 3.08. The first kappa shape index (κ1) is 16.4. The lowest BCUT2D eigenvalue weighted by atomic mass is 10.2. The van der Waals surface area contributed by atoms with Crippen LogP contribution in [0.15, 0.2) is 59.8 Å². The van der Waals surface area contributed by atoms with E-state index in [2.05, 4.69) is 31.1 Å². The Balaban J connectivity index is 1.64. The second-order valence-corrected chi connectivity index (χ2v) is 7.01. The molecule has 0 spiro atoms. The molecular weight excluding hydrogens is 348 g/mol. The molecule has 0 fully saturated rings. The van der Waals surface area contributed by atoms with Gasteiger partial charge in [-0.25, -0.2) is 0 Å². The Labute approximate surface area is 154 Å². The molecule has 0 aliphatic carbocycles. The summed E-state index contributed by atoms with van der Waals surface area (Å²) in [5.41, 5.74) is 2.97. The Hall–Kier alpha value is -3.07.